The molecule has 0 atom stereocenters. The fraction of sp³-hybridized carbons (Fsp3) is 0. The lowest BCUT2D eigenvalue weighted by molar-refractivity contribution is 0.111. The van der Waals surface area contributed by atoms with Crippen molar-refractivity contribution in [3.05, 3.63) is 42.5 Å². The lowest BCUT2D eigenvalue weighted by atomic mass is 10.3. The number of nitrogens with zero attached hydrogens (tertiary/aromatic N) is 3. The van der Waals surface area contributed by atoms with Crippen LogP contribution in [0.15, 0.2) is 36.7 Å². The van der Waals surface area contributed by atoms with Crippen molar-refractivity contribution in [3.63, 3.8) is 0 Å². The number of carbonyl (C=O) groups is 1. The SMILES string of the molecule is O=Cc1nncn1-c1ccccc1. The maximum atomic E-state index is 10.5. The predicted molar refractivity (Wildman–Crippen MR) is 46.7 cm³/mol. The van der Waals surface area contributed by atoms with Crippen molar-refractivity contribution in [1.29, 1.82) is 0 Å². The molecule has 0 saturated heterocycles. The first kappa shape index (κ1) is 7.67. The molecular formula is C9H7N3O. The molecule has 13 heavy (non-hydrogen) atoms. The molecule has 0 fully saturated rings. The van der Waals surface area contributed by atoms with E-state index in [1.807, 2.05) is 30.3 Å². The van der Waals surface area contributed by atoms with E-state index < -0.39 is 0 Å². The monoisotopic (exact) mass is 173 g/mol. The van der Waals surface area contributed by atoms with Gasteiger partial charge in [0.25, 0.3) is 0 Å². The highest BCUT2D eigenvalue weighted by molar-refractivity contribution is 5.70. The molecule has 0 saturated carbocycles. The molecular weight excluding hydrogens is 166 g/mol. The third-order valence-corrected chi connectivity index (χ3v) is 1.71. The van der Waals surface area contributed by atoms with Crippen LogP contribution in [0, 0.1) is 0 Å². The number of hydrogen-bond donors (Lipinski definition) is 0. The summed E-state index contributed by atoms with van der Waals surface area (Å²) in [6.45, 7) is 0. The molecule has 4 nitrogen and oxygen atoms in total. The van der Waals surface area contributed by atoms with Gasteiger partial charge in [-0.2, -0.15) is 0 Å². The van der Waals surface area contributed by atoms with Crippen LogP contribution in [0.2, 0.25) is 0 Å². The second kappa shape index (κ2) is 3.18. The number of aromatic nitrogens is 3. The van der Waals surface area contributed by atoms with Crippen LogP contribution < -0.4 is 0 Å². The zero-order valence-corrected chi connectivity index (χ0v) is 6.79. The van der Waals surface area contributed by atoms with Crippen LogP contribution in [0.5, 0.6) is 0 Å². The van der Waals surface area contributed by atoms with E-state index in [2.05, 4.69) is 10.2 Å². The largest absolute Gasteiger partial charge is 0.294 e. The van der Waals surface area contributed by atoms with Crippen LogP contribution in [-0.4, -0.2) is 21.1 Å². The van der Waals surface area contributed by atoms with Gasteiger partial charge in [-0.05, 0) is 12.1 Å². The minimum absolute atomic E-state index is 0.311. The van der Waals surface area contributed by atoms with Crippen molar-refractivity contribution < 1.29 is 4.79 Å². The van der Waals surface area contributed by atoms with E-state index in [1.54, 1.807) is 4.57 Å². The molecule has 2 aromatic rings. The van der Waals surface area contributed by atoms with Crippen molar-refractivity contribution in [1.82, 2.24) is 14.8 Å². The van der Waals surface area contributed by atoms with Crippen molar-refractivity contribution in [2.75, 3.05) is 0 Å². The van der Waals surface area contributed by atoms with Gasteiger partial charge < -0.3 is 0 Å². The van der Waals surface area contributed by atoms with Gasteiger partial charge >= 0.3 is 0 Å². The molecule has 64 valence electrons. The number of carbonyl (C=O) groups excluding carboxylic acids is 1. The maximum absolute atomic E-state index is 10.5. The van der Waals surface area contributed by atoms with Crippen LogP contribution >= 0.6 is 0 Å². The molecule has 0 amide bonds. The molecule has 1 aromatic heterocycles. The summed E-state index contributed by atoms with van der Waals surface area (Å²) in [5.41, 5.74) is 0.884. The van der Waals surface area contributed by atoms with E-state index in [-0.39, 0.29) is 0 Å². The van der Waals surface area contributed by atoms with Crippen molar-refractivity contribution in [3.8, 4) is 5.69 Å². The number of rotatable bonds is 2. The zero-order chi connectivity index (χ0) is 9.10. The standard InChI is InChI=1S/C9H7N3O/c13-6-9-11-10-7-12(9)8-4-2-1-3-5-8/h1-7H. The molecule has 0 aliphatic rings. The Morgan fingerprint density at radius 2 is 2.00 bits per heavy atom. The van der Waals surface area contributed by atoms with Crippen LogP contribution in [0.1, 0.15) is 10.6 Å². The lowest BCUT2D eigenvalue weighted by Gasteiger charge is -2.00. The van der Waals surface area contributed by atoms with Gasteiger partial charge in [0.05, 0.1) is 0 Å². The molecule has 1 heterocycles. The third kappa shape index (κ3) is 1.33. The van der Waals surface area contributed by atoms with E-state index in [9.17, 15) is 4.79 Å². The summed E-state index contributed by atoms with van der Waals surface area (Å²) in [6, 6.07) is 9.47. The lowest BCUT2D eigenvalue weighted by Crippen LogP contribution is -1.97. The van der Waals surface area contributed by atoms with Crippen LogP contribution in [0.3, 0.4) is 0 Å². The summed E-state index contributed by atoms with van der Waals surface area (Å²) < 4.78 is 1.63. The molecule has 1 aromatic carbocycles. The first-order chi connectivity index (χ1) is 6.42. The van der Waals surface area contributed by atoms with Gasteiger partial charge in [-0.15, -0.1) is 10.2 Å². The highest BCUT2D eigenvalue weighted by atomic mass is 16.1. The summed E-state index contributed by atoms with van der Waals surface area (Å²) in [5.74, 6) is 0.311. The molecule has 0 aliphatic heterocycles. The molecule has 0 unspecified atom stereocenters. The Kier molecular flexibility index (Phi) is 1.88. The van der Waals surface area contributed by atoms with Crippen LogP contribution in [0.4, 0.5) is 0 Å². The van der Waals surface area contributed by atoms with Gasteiger partial charge in [0.15, 0.2) is 6.29 Å². The molecule has 4 heteroatoms. The summed E-state index contributed by atoms with van der Waals surface area (Å²) in [6.07, 6.45) is 2.19. The normalized spacial score (nSPS) is 9.85. The minimum atomic E-state index is 0.311. The number of hydrogen-bond acceptors (Lipinski definition) is 3. The Morgan fingerprint density at radius 3 is 2.69 bits per heavy atom. The second-order valence-electron chi connectivity index (χ2n) is 2.51. The predicted octanol–water partition coefficient (Wildman–Crippen LogP) is 1.08. The average Bonchev–Trinajstić information content (AvgIpc) is 2.67. The van der Waals surface area contributed by atoms with Crippen molar-refractivity contribution in [2.24, 2.45) is 0 Å². The number of para-hydroxylation sites is 1. The topological polar surface area (TPSA) is 47.8 Å². The summed E-state index contributed by atoms with van der Waals surface area (Å²) in [4.78, 5) is 10.5. The van der Waals surface area contributed by atoms with Gasteiger partial charge in [-0.3, -0.25) is 9.36 Å². The number of aldehydes is 1. The zero-order valence-electron chi connectivity index (χ0n) is 6.79. The van der Waals surface area contributed by atoms with Gasteiger partial charge in [0, 0.05) is 5.69 Å². The Labute approximate surface area is 74.8 Å². The van der Waals surface area contributed by atoms with Gasteiger partial charge in [0.2, 0.25) is 5.82 Å². The van der Waals surface area contributed by atoms with Gasteiger partial charge in [-0.25, -0.2) is 0 Å². The highest BCUT2D eigenvalue weighted by Gasteiger charge is 2.02. The van der Waals surface area contributed by atoms with Crippen LogP contribution in [0.25, 0.3) is 5.69 Å². The first-order valence-corrected chi connectivity index (χ1v) is 3.82. The first-order valence-electron chi connectivity index (χ1n) is 3.82. The highest BCUT2D eigenvalue weighted by Crippen LogP contribution is 2.06. The smallest absolute Gasteiger partial charge is 0.201 e. The fourth-order valence-electron chi connectivity index (χ4n) is 1.11. The molecule has 0 radical (unpaired) electrons. The van der Waals surface area contributed by atoms with Gasteiger partial charge in [-0.1, -0.05) is 18.2 Å². The maximum Gasteiger partial charge on any atom is 0.201 e. The van der Waals surface area contributed by atoms with Gasteiger partial charge in [0.1, 0.15) is 6.33 Å². The quantitative estimate of drug-likeness (QED) is 0.638. The van der Waals surface area contributed by atoms with E-state index in [0.717, 1.165) is 5.69 Å². The fourth-order valence-corrected chi connectivity index (χ4v) is 1.11. The summed E-state index contributed by atoms with van der Waals surface area (Å²) >= 11 is 0. The third-order valence-electron chi connectivity index (χ3n) is 1.71. The second-order valence-corrected chi connectivity index (χ2v) is 2.51. The van der Waals surface area contributed by atoms with E-state index >= 15 is 0 Å². The Morgan fingerprint density at radius 1 is 1.23 bits per heavy atom. The number of benzene rings is 1. The summed E-state index contributed by atoms with van der Waals surface area (Å²) in [5, 5.41) is 7.31. The average molecular weight is 173 g/mol. The molecule has 0 bridgehead atoms. The van der Waals surface area contributed by atoms with E-state index in [0.29, 0.717) is 12.1 Å². The summed E-state index contributed by atoms with van der Waals surface area (Å²) in [7, 11) is 0. The van der Waals surface area contributed by atoms with E-state index in [4.69, 9.17) is 0 Å². The Balaban J connectivity index is 2.52. The minimum Gasteiger partial charge on any atom is -0.294 e. The molecule has 0 aliphatic carbocycles. The molecule has 0 spiro atoms. The van der Waals surface area contributed by atoms with Crippen LogP contribution in [-0.2, 0) is 0 Å². The van der Waals surface area contributed by atoms with Crippen molar-refractivity contribution >= 4 is 6.29 Å². The molecule has 2 rings (SSSR count). The Hall–Kier alpha value is -1.97. The Bertz CT molecular complexity index is 408. The van der Waals surface area contributed by atoms with Crippen molar-refractivity contribution in [2.45, 2.75) is 0 Å². The van der Waals surface area contributed by atoms with E-state index in [1.165, 1.54) is 6.33 Å². The molecule has 0 N–H and O–H groups in total.